The number of hydrogen-bond donors (Lipinski definition) is 0. The van der Waals surface area contributed by atoms with Gasteiger partial charge in [-0.1, -0.05) is 87.5 Å². The lowest BCUT2D eigenvalue weighted by Crippen LogP contribution is -2.40. The molecule has 4 aromatic rings. The van der Waals surface area contributed by atoms with Gasteiger partial charge in [0.1, 0.15) is 12.1 Å². The van der Waals surface area contributed by atoms with Gasteiger partial charge in [0.2, 0.25) is 0 Å². The van der Waals surface area contributed by atoms with Crippen molar-refractivity contribution in [2.24, 2.45) is 5.92 Å². The van der Waals surface area contributed by atoms with Gasteiger partial charge in [-0.3, -0.25) is 4.79 Å². The molecule has 2 atom stereocenters. The van der Waals surface area contributed by atoms with Gasteiger partial charge in [-0.15, -0.1) is 5.10 Å². The van der Waals surface area contributed by atoms with Crippen LogP contribution >= 0.6 is 0 Å². The highest BCUT2D eigenvalue weighted by atomic mass is 28.4. The summed E-state index contributed by atoms with van der Waals surface area (Å²) in [7, 11) is -1.93. The van der Waals surface area contributed by atoms with E-state index in [-0.39, 0.29) is 23.5 Å². The Balaban J connectivity index is 1.73. The Morgan fingerprint density at radius 3 is 2.37 bits per heavy atom. The normalized spacial score (nSPS) is 13.8. The predicted molar refractivity (Wildman–Crippen MR) is 168 cm³/mol. The number of hydrogen-bond acceptors (Lipinski definition) is 5. The number of ether oxygens (including phenoxy) is 1. The van der Waals surface area contributed by atoms with E-state index >= 15 is 0 Å². The zero-order valence-corrected chi connectivity index (χ0v) is 27.1. The highest BCUT2D eigenvalue weighted by Crippen LogP contribution is 2.39. The lowest BCUT2D eigenvalue weighted by molar-refractivity contribution is -0.149. The monoisotopic (exact) mass is 571 g/mol. The molecule has 0 aliphatic heterocycles. The highest BCUT2D eigenvalue weighted by Gasteiger charge is 2.37. The van der Waals surface area contributed by atoms with Gasteiger partial charge >= 0.3 is 5.97 Å². The molecule has 0 amide bonds. The van der Waals surface area contributed by atoms with Crippen LogP contribution in [0.25, 0.3) is 11.0 Å². The van der Waals surface area contributed by atoms with E-state index in [0.717, 1.165) is 45.4 Å². The van der Waals surface area contributed by atoms with E-state index in [2.05, 4.69) is 95.3 Å². The summed E-state index contributed by atoms with van der Waals surface area (Å²) in [5.74, 6) is -0.871. The lowest BCUT2D eigenvalue weighted by Gasteiger charge is -2.36. The zero-order chi connectivity index (χ0) is 29.9. The summed E-state index contributed by atoms with van der Waals surface area (Å²) in [6.07, 6.45) is 0. The average Bonchev–Trinajstić information content (AvgIpc) is 3.37. The van der Waals surface area contributed by atoms with Crippen molar-refractivity contribution in [1.29, 1.82) is 0 Å². The summed E-state index contributed by atoms with van der Waals surface area (Å²) in [6, 6.07) is 20.5. The van der Waals surface area contributed by atoms with E-state index in [1.165, 1.54) is 5.56 Å². The number of aryl methyl sites for hydroxylation is 3. The van der Waals surface area contributed by atoms with Crippen LogP contribution in [0.5, 0.6) is 0 Å². The van der Waals surface area contributed by atoms with Gasteiger partial charge in [0.25, 0.3) is 0 Å². The van der Waals surface area contributed by atoms with Gasteiger partial charge in [-0.25, -0.2) is 4.68 Å². The quantitative estimate of drug-likeness (QED) is 0.142. The van der Waals surface area contributed by atoms with Crippen LogP contribution in [-0.2, 0) is 33.7 Å². The first-order valence-corrected chi connectivity index (χ1v) is 17.5. The lowest BCUT2D eigenvalue weighted by atomic mass is 9.79. The van der Waals surface area contributed by atoms with Crippen molar-refractivity contribution in [3.8, 4) is 0 Å². The molecule has 0 bridgehead atoms. The molecule has 0 aliphatic carbocycles. The van der Waals surface area contributed by atoms with Crippen LogP contribution in [0.1, 0.15) is 73.9 Å². The summed E-state index contributed by atoms with van der Waals surface area (Å²) in [5, 5.41) is 8.97. The van der Waals surface area contributed by atoms with Gasteiger partial charge in [0.05, 0.1) is 18.0 Å². The number of rotatable bonds is 10. The van der Waals surface area contributed by atoms with Crippen molar-refractivity contribution in [2.45, 2.75) is 92.3 Å². The van der Waals surface area contributed by atoms with Crippen LogP contribution in [0.2, 0.25) is 18.1 Å². The number of carbonyl (C=O) groups is 1. The third-order valence-electron chi connectivity index (χ3n) is 8.84. The Labute approximate surface area is 246 Å². The van der Waals surface area contributed by atoms with E-state index in [0.29, 0.717) is 6.61 Å². The first-order chi connectivity index (χ1) is 19.3. The van der Waals surface area contributed by atoms with Crippen LogP contribution < -0.4 is 0 Å². The second-order valence-corrected chi connectivity index (χ2v) is 17.5. The molecule has 41 heavy (non-hydrogen) atoms. The van der Waals surface area contributed by atoms with Crippen molar-refractivity contribution >= 4 is 25.3 Å². The number of nitrogens with zero attached hydrogens (tertiary/aromatic N) is 3. The summed E-state index contributed by atoms with van der Waals surface area (Å²) in [5.41, 5.74) is 8.34. The molecular weight excluding hydrogens is 526 g/mol. The molecule has 7 heteroatoms. The van der Waals surface area contributed by atoms with E-state index in [9.17, 15) is 4.79 Å². The second kappa shape index (κ2) is 12.3. The van der Waals surface area contributed by atoms with Crippen LogP contribution in [0.3, 0.4) is 0 Å². The van der Waals surface area contributed by atoms with Gasteiger partial charge in [-0.05, 0) is 78.4 Å². The predicted octanol–water partition coefficient (Wildman–Crippen LogP) is 8.10. The molecule has 0 aliphatic rings. The fourth-order valence-corrected chi connectivity index (χ4v) is 5.95. The van der Waals surface area contributed by atoms with Crippen molar-refractivity contribution < 1.29 is 14.0 Å². The molecule has 0 unspecified atom stereocenters. The van der Waals surface area contributed by atoms with Gasteiger partial charge in [-0.2, -0.15) is 0 Å². The fraction of sp³-hybridized carbons (Fsp3) is 0.441. The molecular formula is C34H45N3O3Si. The van der Waals surface area contributed by atoms with Crippen molar-refractivity contribution in [2.75, 3.05) is 0 Å². The Kier molecular flexibility index (Phi) is 9.19. The Morgan fingerprint density at radius 2 is 1.71 bits per heavy atom. The molecule has 0 radical (unpaired) electrons. The van der Waals surface area contributed by atoms with Crippen LogP contribution in [0.15, 0.2) is 60.7 Å². The van der Waals surface area contributed by atoms with E-state index in [1.54, 1.807) is 0 Å². The minimum atomic E-state index is -1.93. The maximum absolute atomic E-state index is 13.6. The van der Waals surface area contributed by atoms with Gasteiger partial charge in [0, 0.05) is 12.5 Å². The number of esters is 1. The minimum Gasteiger partial charge on any atom is -0.461 e. The van der Waals surface area contributed by atoms with Gasteiger partial charge in [0.15, 0.2) is 8.32 Å². The molecule has 218 valence electrons. The number of fused-ring (bicyclic) bond motifs is 1. The van der Waals surface area contributed by atoms with Crippen LogP contribution in [0, 0.1) is 19.8 Å². The van der Waals surface area contributed by atoms with E-state index < -0.39 is 14.2 Å². The Hall–Kier alpha value is -3.29. The van der Waals surface area contributed by atoms with E-state index in [4.69, 9.17) is 9.16 Å². The molecule has 6 nitrogen and oxygen atoms in total. The van der Waals surface area contributed by atoms with Crippen LogP contribution in [0.4, 0.5) is 0 Å². The first kappa shape index (κ1) is 30.7. The minimum absolute atomic E-state index is 0.126. The molecule has 4 rings (SSSR count). The molecule has 0 spiro atoms. The average molecular weight is 572 g/mol. The van der Waals surface area contributed by atoms with Gasteiger partial charge < -0.3 is 9.16 Å². The molecule has 0 N–H and O–H groups in total. The summed E-state index contributed by atoms with van der Waals surface area (Å²) in [4.78, 5) is 13.6. The molecule has 1 heterocycles. The molecule has 0 saturated heterocycles. The zero-order valence-electron chi connectivity index (χ0n) is 26.1. The molecule has 3 aromatic carbocycles. The molecule has 0 fully saturated rings. The van der Waals surface area contributed by atoms with E-state index in [1.807, 2.05) is 41.9 Å². The number of aromatic nitrogens is 3. The summed E-state index contributed by atoms with van der Waals surface area (Å²) < 4.78 is 14.4. The first-order valence-electron chi connectivity index (χ1n) is 14.6. The largest absolute Gasteiger partial charge is 0.461 e. The third kappa shape index (κ3) is 6.62. The van der Waals surface area contributed by atoms with Crippen molar-refractivity contribution in [3.63, 3.8) is 0 Å². The Morgan fingerprint density at radius 1 is 1.00 bits per heavy atom. The van der Waals surface area contributed by atoms with Crippen molar-refractivity contribution in [3.05, 3.63) is 94.0 Å². The van der Waals surface area contributed by atoms with Crippen molar-refractivity contribution in [1.82, 2.24) is 15.0 Å². The summed E-state index contributed by atoms with van der Waals surface area (Å²) in [6.45, 7) is 21.1. The summed E-state index contributed by atoms with van der Waals surface area (Å²) >= 11 is 0. The maximum Gasteiger partial charge on any atom is 0.309 e. The Bertz CT molecular complexity index is 1510. The SMILES string of the molecule is CCn1nnc2c(C)c([C@@H](c3ccc(C)c(CO[Si](C)(C)C(C)(C)C)c3)[C@H](C)C(=O)OCc3ccccc3)ccc21. The fourth-order valence-electron chi connectivity index (χ4n) is 5.00. The molecule has 1 aromatic heterocycles. The smallest absolute Gasteiger partial charge is 0.309 e. The second-order valence-electron chi connectivity index (χ2n) is 12.6. The standard InChI is InChI=1S/C34H45N3O3Si/c1-10-37-30-19-18-29(24(3)32(30)35-36-37)31(25(4)33(38)39-21-26-14-12-11-13-15-26)27-17-16-23(2)28(20-27)22-40-41(8,9)34(5,6)7/h11-20,25,31H,10,21-22H2,1-9H3/t25-,31+/m0/s1. The van der Waals surface area contributed by atoms with Crippen LogP contribution in [-0.4, -0.2) is 29.3 Å². The maximum atomic E-state index is 13.6. The molecule has 0 saturated carbocycles. The number of benzene rings is 3. The number of carbonyl (C=O) groups excluding carboxylic acids is 1. The topological polar surface area (TPSA) is 66.2 Å². The highest BCUT2D eigenvalue weighted by molar-refractivity contribution is 6.74. The third-order valence-corrected chi connectivity index (χ3v) is 13.3.